The Balaban J connectivity index is 1.27. The van der Waals surface area contributed by atoms with E-state index in [1.165, 1.54) is 110 Å². The van der Waals surface area contributed by atoms with E-state index < -0.39 is 0 Å². The highest BCUT2D eigenvalue weighted by Crippen LogP contribution is 2.55. The van der Waals surface area contributed by atoms with Crippen LogP contribution >= 0.6 is 0 Å². The fraction of sp³-hybridized carbons (Fsp3) is 0.345. The van der Waals surface area contributed by atoms with Crippen molar-refractivity contribution in [2.24, 2.45) is 0 Å². The highest BCUT2D eigenvalue weighted by atomic mass is 15.1. The molecule has 0 radical (unpaired) electrons. The van der Waals surface area contributed by atoms with E-state index in [9.17, 15) is 0 Å². The van der Waals surface area contributed by atoms with E-state index in [-0.39, 0.29) is 27.1 Å². The Morgan fingerprint density at radius 1 is 0.357 bits per heavy atom. The van der Waals surface area contributed by atoms with Gasteiger partial charge in [-0.15, -0.1) is 0 Å². The molecule has 1 nitrogen and oxygen atoms in total. The minimum absolute atomic E-state index is 0.101. The van der Waals surface area contributed by atoms with Crippen molar-refractivity contribution in [3.63, 3.8) is 0 Å². The maximum absolute atomic E-state index is 2.54. The van der Waals surface area contributed by atoms with Crippen molar-refractivity contribution in [1.29, 1.82) is 0 Å². The molecule has 3 aliphatic carbocycles. The van der Waals surface area contributed by atoms with Crippen molar-refractivity contribution in [3.8, 4) is 33.4 Å². The van der Waals surface area contributed by atoms with Crippen LogP contribution in [0, 0.1) is 0 Å². The lowest BCUT2D eigenvalue weighted by Crippen LogP contribution is -2.34. The van der Waals surface area contributed by atoms with Crippen LogP contribution in [-0.4, -0.2) is 0 Å². The van der Waals surface area contributed by atoms with Crippen molar-refractivity contribution < 1.29 is 0 Å². The average molecular weight is 734 g/mol. The van der Waals surface area contributed by atoms with Crippen LogP contribution in [0.25, 0.3) is 33.4 Å². The van der Waals surface area contributed by atoms with Crippen LogP contribution in [0.2, 0.25) is 0 Å². The van der Waals surface area contributed by atoms with Crippen molar-refractivity contribution >= 4 is 17.1 Å². The Morgan fingerprint density at radius 3 is 1.61 bits per heavy atom. The number of benzene rings is 6. The summed E-state index contributed by atoms with van der Waals surface area (Å²) in [6, 6.07) is 49.0. The minimum atomic E-state index is -0.125. The first-order valence-electron chi connectivity index (χ1n) is 21.0. The number of anilines is 3. The van der Waals surface area contributed by atoms with Crippen molar-refractivity contribution in [3.05, 3.63) is 161 Å². The number of nitrogens with zero attached hydrogens (tertiary/aromatic N) is 1. The van der Waals surface area contributed by atoms with Gasteiger partial charge in [-0.25, -0.2) is 0 Å². The molecule has 0 atom stereocenters. The van der Waals surface area contributed by atoms with Gasteiger partial charge in [0.15, 0.2) is 0 Å². The summed E-state index contributed by atoms with van der Waals surface area (Å²) >= 11 is 0. The van der Waals surface area contributed by atoms with Gasteiger partial charge < -0.3 is 4.90 Å². The molecule has 0 heterocycles. The standard InChI is InChI=1S/C55H59N/c1-51(2)29-30-53(5,6)48-33-39(27-28-45(48)51)56(38-17-12-11-13-18-38)49-35-47-43(41-19-14-15-21-44(41)55(47,9)10)34-42(49)37-25-23-36(24-26-37)40-20-16-22-46-50(40)54(7,8)32-31-52(46,3)4/h11-28,33-35H,29-32H2,1-10H3. The second-order valence-electron chi connectivity index (χ2n) is 20.3. The molecule has 0 aliphatic heterocycles. The van der Waals surface area contributed by atoms with E-state index >= 15 is 0 Å². The van der Waals surface area contributed by atoms with E-state index in [0.717, 1.165) is 0 Å². The Bertz CT molecular complexity index is 2490. The molecule has 0 unspecified atom stereocenters. The first kappa shape index (κ1) is 36.7. The van der Waals surface area contributed by atoms with Gasteiger partial charge in [0.1, 0.15) is 0 Å². The summed E-state index contributed by atoms with van der Waals surface area (Å²) in [5, 5.41) is 0. The zero-order chi connectivity index (χ0) is 39.4. The van der Waals surface area contributed by atoms with Crippen LogP contribution < -0.4 is 4.90 Å². The predicted octanol–water partition coefficient (Wildman–Crippen LogP) is 15.5. The third-order valence-corrected chi connectivity index (χ3v) is 14.4. The predicted molar refractivity (Wildman–Crippen MR) is 240 cm³/mol. The van der Waals surface area contributed by atoms with Gasteiger partial charge in [0, 0.05) is 22.4 Å². The number of hydrogen-bond acceptors (Lipinski definition) is 1. The Labute approximate surface area is 336 Å². The highest BCUT2D eigenvalue weighted by molar-refractivity contribution is 5.95. The maximum Gasteiger partial charge on any atom is 0.0543 e. The second-order valence-corrected chi connectivity index (χ2v) is 20.3. The second kappa shape index (κ2) is 12.6. The van der Waals surface area contributed by atoms with Gasteiger partial charge in [-0.1, -0.05) is 160 Å². The van der Waals surface area contributed by atoms with Crippen LogP contribution in [0.4, 0.5) is 17.1 Å². The molecule has 0 saturated carbocycles. The van der Waals surface area contributed by atoms with Gasteiger partial charge in [0.25, 0.3) is 0 Å². The van der Waals surface area contributed by atoms with Crippen LogP contribution in [0.5, 0.6) is 0 Å². The van der Waals surface area contributed by atoms with Crippen LogP contribution in [0.15, 0.2) is 127 Å². The van der Waals surface area contributed by atoms with Crippen molar-refractivity contribution in [2.75, 3.05) is 4.90 Å². The third kappa shape index (κ3) is 5.71. The molecule has 0 saturated heterocycles. The lowest BCUT2D eigenvalue weighted by Gasteiger charge is -2.43. The van der Waals surface area contributed by atoms with Crippen LogP contribution in [0.3, 0.4) is 0 Å². The lowest BCUT2D eigenvalue weighted by molar-refractivity contribution is 0.332. The molecule has 0 aromatic heterocycles. The van der Waals surface area contributed by atoms with E-state index in [4.69, 9.17) is 0 Å². The SMILES string of the molecule is CC1(C)CCC(C)(C)c2cc(N(c3ccccc3)c3cc4c(cc3-c3ccc(-c5cccc6c5C(C)(C)CCC6(C)C)cc3)-c3ccccc3C4(C)C)ccc21. The van der Waals surface area contributed by atoms with Gasteiger partial charge in [0.2, 0.25) is 0 Å². The quantitative estimate of drug-likeness (QED) is 0.171. The zero-order valence-electron chi connectivity index (χ0n) is 35.4. The molecular formula is C55H59N. The first-order valence-corrected chi connectivity index (χ1v) is 21.0. The largest absolute Gasteiger partial charge is 0.310 e. The maximum atomic E-state index is 2.54. The Kier molecular flexibility index (Phi) is 8.24. The summed E-state index contributed by atoms with van der Waals surface area (Å²) in [6.45, 7) is 24.2. The summed E-state index contributed by atoms with van der Waals surface area (Å²) in [5.74, 6) is 0. The molecule has 1 heteroatoms. The van der Waals surface area contributed by atoms with Gasteiger partial charge in [-0.05, 0) is 145 Å². The topological polar surface area (TPSA) is 3.24 Å². The van der Waals surface area contributed by atoms with Gasteiger partial charge in [0.05, 0.1) is 5.69 Å². The molecule has 6 aromatic carbocycles. The molecule has 6 aromatic rings. The van der Waals surface area contributed by atoms with Crippen molar-refractivity contribution in [2.45, 2.75) is 122 Å². The number of para-hydroxylation sites is 1. The number of fused-ring (bicyclic) bond motifs is 5. The fourth-order valence-electron chi connectivity index (χ4n) is 10.7. The fourth-order valence-corrected chi connectivity index (χ4v) is 10.7. The molecule has 284 valence electrons. The summed E-state index contributed by atoms with van der Waals surface area (Å²) in [5.41, 5.74) is 20.7. The zero-order valence-corrected chi connectivity index (χ0v) is 35.4. The molecule has 0 fully saturated rings. The number of hydrogen-bond donors (Lipinski definition) is 0. The van der Waals surface area contributed by atoms with Crippen LogP contribution in [0.1, 0.15) is 128 Å². The minimum Gasteiger partial charge on any atom is -0.310 e. The average Bonchev–Trinajstić information content (AvgIpc) is 3.41. The van der Waals surface area contributed by atoms with E-state index in [2.05, 4.69) is 202 Å². The van der Waals surface area contributed by atoms with Gasteiger partial charge in [-0.3, -0.25) is 0 Å². The van der Waals surface area contributed by atoms with E-state index in [1.807, 2.05) is 0 Å². The van der Waals surface area contributed by atoms with E-state index in [1.54, 1.807) is 0 Å². The number of rotatable bonds is 5. The smallest absolute Gasteiger partial charge is 0.0543 e. The summed E-state index contributed by atoms with van der Waals surface area (Å²) in [4.78, 5) is 2.54. The first-order chi connectivity index (χ1) is 26.5. The Hall–Kier alpha value is -4.88. The molecule has 0 bridgehead atoms. The summed E-state index contributed by atoms with van der Waals surface area (Å²) < 4.78 is 0. The molecule has 0 spiro atoms. The molecule has 9 rings (SSSR count). The van der Waals surface area contributed by atoms with Gasteiger partial charge in [-0.2, -0.15) is 0 Å². The molecule has 56 heavy (non-hydrogen) atoms. The summed E-state index contributed by atoms with van der Waals surface area (Å²) in [7, 11) is 0. The molecule has 0 amide bonds. The highest BCUT2D eigenvalue weighted by Gasteiger charge is 2.41. The summed E-state index contributed by atoms with van der Waals surface area (Å²) in [6.07, 6.45) is 4.80. The van der Waals surface area contributed by atoms with Gasteiger partial charge >= 0.3 is 0 Å². The molecule has 0 N–H and O–H groups in total. The lowest BCUT2D eigenvalue weighted by atomic mass is 9.61. The monoisotopic (exact) mass is 733 g/mol. The van der Waals surface area contributed by atoms with E-state index in [0.29, 0.717) is 0 Å². The van der Waals surface area contributed by atoms with Crippen molar-refractivity contribution in [1.82, 2.24) is 0 Å². The normalized spacial score (nSPS) is 19.0. The third-order valence-electron chi connectivity index (χ3n) is 14.4. The molecular weight excluding hydrogens is 675 g/mol. The van der Waals surface area contributed by atoms with Crippen LogP contribution in [-0.2, 0) is 27.1 Å². The molecule has 3 aliphatic rings. The Morgan fingerprint density at radius 2 is 0.911 bits per heavy atom.